The van der Waals surface area contributed by atoms with E-state index in [4.69, 9.17) is 11.3 Å². The van der Waals surface area contributed by atoms with Crippen molar-refractivity contribution < 1.29 is 4.84 Å². The predicted octanol–water partition coefficient (Wildman–Crippen LogP) is 2.37. The summed E-state index contributed by atoms with van der Waals surface area (Å²) in [6.45, 7) is 4.15. The molecule has 0 aliphatic rings. The molecule has 0 saturated heterocycles. The lowest BCUT2D eigenvalue weighted by molar-refractivity contribution is 0.180. The van der Waals surface area contributed by atoms with E-state index >= 15 is 0 Å². The van der Waals surface area contributed by atoms with Crippen LogP contribution < -0.4 is 0 Å². The summed E-state index contributed by atoms with van der Waals surface area (Å²) in [7, 11) is 0. The van der Waals surface area contributed by atoms with Crippen LogP contribution >= 0.6 is 0 Å². The van der Waals surface area contributed by atoms with Crippen molar-refractivity contribution in [2.75, 3.05) is 6.61 Å². The Labute approximate surface area is 84.6 Å². The van der Waals surface area contributed by atoms with Gasteiger partial charge in [0.05, 0.1) is 5.71 Å². The molecule has 0 aromatic heterocycles. The van der Waals surface area contributed by atoms with E-state index in [2.05, 4.69) is 11.1 Å². The highest BCUT2D eigenvalue weighted by Crippen LogP contribution is 2.04. The molecule has 1 aromatic rings. The second-order valence-corrected chi connectivity index (χ2v) is 3.02. The summed E-state index contributed by atoms with van der Waals surface area (Å²) >= 11 is 0. The summed E-state index contributed by atoms with van der Waals surface area (Å²) in [5, 5.41) is 3.89. The summed E-state index contributed by atoms with van der Waals surface area (Å²) < 4.78 is 0. The summed E-state index contributed by atoms with van der Waals surface area (Å²) in [5.74, 6) is 2.35. The Kier molecular flexibility index (Phi) is 3.75. The monoisotopic (exact) mass is 187 g/mol. The van der Waals surface area contributed by atoms with Gasteiger partial charge in [0, 0.05) is 0 Å². The summed E-state index contributed by atoms with van der Waals surface area (Å²) in [6, 6.07) is 8.09. The number of rotatable bonds is 3. The van der Waals surface area contributed by atoms with Crippen molar-refractivity contribution in [3.8, 4) is 12.3 Å². The van der Waals surface area contributed by atoms with Gasteiger partial charge < -0.3 is 4.84 Å². The topological polar surface area (TPSA) is 21.6 Å². The van der Waals surface area contributed by atoms with E-state index < -0.39 is 0 Å². The fraction of sp³-hybridized carbons (Fsp3) is 0.250. The lowest BCUT2D eigenvalue weighted by Crippen LogP contribution is -1.96. The van der Waals surface area contributed by atoms with E-state index in [-0.39, 0.29) is 6.61 Å². The minimum absolute atomic E-state index is 0.212. The first kappa shape index (κ1) is 10.3. The summed E-state index contributed by atoms with van der Waals surface area (Å²) in [6.07, 6.45) is 5.03. The summed E-state index contributed by atoms with van der Waals surface area (Å²) in [4.78, 5) is 4.88. The molecule has 0 amide bonds. The second-order valence-electron chi connectivity index (χ2n) is 3.02. The Bertz CT molecular complexity index is 357. The molecule has 2 heteroatoms. The largest absolute Gasteiger partial charge is 0.382 e. The van der Waals surface area contributed by atoms with Crippen molar-refractivity contribution in [2.45, 2.75) is 13.8 Å². The van der Waals surface area contributed by atoms with Crippen molar-refractivity contribution in [1.82, 2.24) is 0 Å². The zero-order valence-electron chi connectivity index (χ0n) is 8.45. The third-order valence-electron chi connectivity index (χ3n) is 1.82. The highest BCUT2D eigenvalue weighted by molar-refractivity contribution is 5.98. The Balaban J connectivity index is 2.70. The molecule has 0 N–H and O–H groups in total. The Morgan fingerprint density at radius 3 is 2.64 bits per heavy atom. The molecule has 0 aliphatic heterocycles. The lowest BCUT2D eigenvalue weighted by Gasteiger charge is -2.00. The van der Waals surface area contributed by atoms with Gasteiger partial charge in [0.2, 0.25) is 0 Å². The van der Waals surface area contributed by atoms with Crippen molar-refractivity contribution in [3.05, 3.63) is 35.4 Å². The van der Waals surface area contributed by atoms with Crippen LogP contribution in [0.3, 0.4) is 0 Å². The number of terminal acetylenes is 1. The smallest absolute Gasteiger partial charge is 0.177 e. The first-order chi connectivity index (χ1) is 6.74. The van der Waals surface area contributed by atoms with Crippen molar-refractivity contribution >= 4 is 5.71 Å². The van der Waals surface area contributed by atoms with Crippen LogP contribution in [-0.2, 0) is 4.84 Å². The Morgan fingerprint density at radius 2 is 2.07 bits per heavy atom. The molecule has 2 nitrogen and oxygen atoms in total. The minimum atomic E-state index is 0.212. The quantitative estimate of drug-likeness (QED) is 0.308. The fourth-order valence-electron chi connectivity index (χ4n) is 1.01. The van der Waals surface area contributed by atoms with Gasteiger partial charge in [-0.15, -0.1) is 6.42 Å². The number of hydrogen-bond donors (Lipinski definition) is 0. The molecule has 0 aliphatic carbocycles. The highest BCUT2D eigenvalue weighted by atomic mass is 16.6. The van der Waals surface area contributed by atoms with Crippen LogP contribution in [0.4, 0.5) is 0 Å². The van der Waals surface area contributed by atoms with E-state index in [1.54, 1.807) is 0 Å². The van der Waals surface area contributed by atoms with Crippen LogP contribution in [0, 0.1) is 19.3 Å². The van der Waals surface area contributed by atoms with Crippen LogP contribution in [0.5, 0.6) is 0 Å². The Hall–Kier alpha value is -1.75. The number of aryl methyl sites for hydroxylation is 1. The van der Waals surface area contributed by atoms with E-state index in [9.17, 15) is 0 Å². The van der Waals surface area contributed by atoms with Gasteiger partial charge in [0.15, 0.2) is 6.61 Å². The first-order valence-electron chi connectivity index (χ1n) is 4.41. The average Bonchev–Trinajstić information content (AvgIpc) is 2.19. The molecule has 0 saturated carbocycles. The molecule has 0 unspecified atom stereocenters. The van der Waals surface area contributed by atoms with Gasteiger partial charge in [-0.3, -0.25) is 0 Å². The van der Waals surface area contributed by atoms with E-state index in [0.29, 0.717) is 0 Å². The van der Waals surface area contributed by atoms with Gasteiger partial charge in [-0.05, 0) is 19.4 Å². The molecule has 0 spiro atoms. The maximum atomic E-state index is 5.03. The van der Waals surface area contributed by atoms with Gasteiger partial charge >= 0.3 is 0 Å². The van der Waals surface area contributed by atoms with Crippen molar-refractivity contribution in [2.24, 2.45) is 5.16 Å². The van der Waals surface area contributed by atoms with Crippen LogP contribution in [-0.4, -0.2) is 12.3 Å². The molecule has 0 atom stereocenters. The minimum Gasteiger partial charge on any atom is -0.382 e. The van der Waals surface area contributed by atoms with Crippen molar-refractivity contribution in [3.63, 3.8) is 0 Å². The van der Waals surface area contributed by atoms with Crippen LogP contribution in [0.15, 0.2) is 29.4 Å². The van der Waals surface area contributed by atoms with Gasteiger partial charge in [-0.1, -0.05) is 40.9 Å². The second kappa shape index (κ2) is 5.08. The number of benzene rings is 1. The molecule has 0 radical (unpaired) electrons. The van der Waals surface area contributed by atoms with Gasteiger partial charge in [-0.25, -0.2) is 0 Å². The molecule has 72 valence electrons. The molecule has 1 rings (SSSR count). The molecule has 14 heavy (non-hydrogen) atoms. The highest BCUT2D eigenvalue weighted by Gasteiger charge is 1.96. The number of hydrogen-bond acceptors (Lipinski definition) is 2. The van der Waals surface area contributed by atoms with Gasteiger partial charge in [0.25, 0.3) is 0 Å². The SMILES string of the molecule is C#CCON=C(C)c1ccc(C)cc1. The van der Waals surface area contributed by atoms with E-state index in [1.807, 2.05) is 38.1 Å². The molecular weight excluding hydrogens is 174 g/mol. The third kappa shape index (κ3) is 2.95. The Morgan fingerprint density at radius 1 is 1.43 bits per heavy atom. The number of oxime groups is 1. The maximum Gasteiger partial charge on any atom is 0.177 e. The van der Waals surface area contributed by atoms with E-state index in [0.717, 1.165) is 11.3 Å². The molecule has 0 fully saturated rings. The first-order valence-corrected chi connectivity index (χ1v) is 4.41. The molecule has 0 heterocycles. The van der Waals surface area contributed by atoms with Crippen LogP contribution in [0.2, 0.25) is 0 Å². The molecular formula is C12H13NO. The van der Waals surface area contributed by atoms with Gasteiger partial charge in [-0.2, -0.15) is 0 Å². The van der Waals surface area contributed by atoms with E-state index in [1.165, 1.54) is 5.56 Å². The van der Waals surface area contributed by atoms with Crippen molar-refractivity contribution in [1.29, 1.82) is 0 Å². The lowest BCUT2D eigenvalue weighted by atomic mass is 10.1. The number of nitrogens with zero attached hydrogens (tertiary/aromatic N) is 1. The normalized spacial score (nSPS) is 10.8. The molecule has 0 bridgehead atoms. The third-order valence-corrected chi connectivity index (χ3v) is 1.82. The standard InChI is InChI=1S/C12H13NO/c1-4-9-14-13-11(3)12-7-5-10(2)6-8-12/h1,5-8H,9H2,2-3H3. The predicted molar refractivity (Wildman–Crippen MR) is 58.2 cm³/mol. The average molecular weight is 187 g/mol. The summed E-state index contributed by atoms with van der Waals surface area (Å²) in [5.41, 5.74) is 3.11. The zero-order valence-corrected chi connectivity index (χ0v) is 8.45. The molecule has 1 aromatic carbocycles. The van der Waals surface area contributed by atoms with Crippen LogP contribution in [0.1, 0.15) is 18.1 Å². The van der Waals surface area contributed by atoms with Gasteiger partial charge in [0.1, 0.15) is 0 Å². The fourth-order valence-corrected chi connectivity index (χ4v) is 1.01. The van der Waals surface area contributed by atoms with Crippen LogP contribution in [0.25, 0.3) is 0 Å². The zero-order chi connectivity index (χ0) is 10.4. The maximum absolute atomic E-state index is 5.03.